The normalized spacial score (nSPS) is 12.2. The third-order valence-electron chi connectivity index (χ3n) is 2.86. The molecule has 1 aliphatic heterocycles. The Morgan fingerprint density at radius 2 is 2.15 bits per heavy atom. The van der Waals surface area contributed by atoms with E-state index >= 15 is 0 Å². The molecule has 2 aromatic rings. The van der Waals surface area contributed by atoms with E-state index in [2.05, 4.69) is 26.2 Å². The van der Waals surface area contributed by atoms with Crippen LogP contribution in [0.5, 0.6) is 11.5 Å². The molecule has 5 nitrogen and oxygen atoms in total. The fourth-order valence-corrected chi connectivity index (χ4v) is 2.30. The summed E-state index contributed by atoms with van der Waals surface area (Å²) in [4.78, 5) is 16.1. The van der Waals surface area contributed by atoms with Crippen LogP contribution in [0.2, 0.25) is 0 Å². The third-order valence-corrected chi connectivity index (χ3v) is 3.50. The molecule has 1 aromatic carbocycles. The Bertz CT molecular complexity index is 661. The van der Waals surface area contributed by atoms with Gasteiger partial charge in [-0.05, 0) is 45.8 Å². The number of fused-ring (bicyclic) bond motifs is 1. The predicted octanol–water partition coefficient (Wildman–Crippen LogP) is 2.50. The lowest BCUT2D eigenvalue weighted by atomic mass is 10.2. The molecule has 0 spiro atoms. The van der Waals surface area contributed by atoms with Gasteiger partial charge in [0.25, 0.3) is 5.91 Å². The van der Waals surface area contributed by atoms with Gasteiger partial charge >= 0.3 is 0 Å². The van der Waals surface area contributed by atoms with Gasteiger partial charge < -0.3 is 14.8 Å². The molecule has 0 saturated carbocycles. The second-order valence-electron chi connectivity index (χ2n) is 4.20. The first-order valence-electron chi connectivity index (χ1n) is 6.01. The molecule has 1 aromatic heterocycles. The van der Waals surface area contributed by atoms with Gasteiger partial charge in [-0.2, -0.15) is 0 Å². The maximum Gasteiger partial charge on any atom is 0.271 e. The number of aromatic nitrogens is 1. The highest BCUT2D eigenvalue weighted by atomic mass is 79.9. The van der Waals surface area contributed by atoms with Gasteiger partial charge in [0.2, 0.25) is 6.79 Å². The topological polar surface area (TPSA) is 60.5 Å². The Balaban J connectivity index is 1.68. The Kier molecular flexibility index (Phi) is 3.56. The number of pyridine rings is 1. The second-order valence-corrected chi connectivity index (χ2v) is 5.06. The fraction of sp³-hybridized carbons (Fsp3) is 0.143. The Morgan fingerprint density at radius 1 is 1.30 bits per heavy atom. The van der Waals surface area contributed by atoms with Crippen LogP contribution in [-0.4, -0.2) is 17.7 Å². The number of rotatable bonds is 3. The third kappa shape index (κ3) is 2.60. The monoisotopic (exact) mass is 334 g/mol. The highest BCUT2D eigenvalue weighted by molar-refractivity contribution is 9.10. The lowest BCUT2D eigenvalue weighted by Crippen LogP contribution is -2.24. The van der Waals surface area contributed by atoms with E-state index in [0.29, 0.717) is 22.5 Å². The Hall–Kier alpha value is -2.08. The first kappa shape index (κ1) is 12.9. The standard InChI is InChI=1S/C14H11BrN2O3/c15-10-2-1-5-16-13(10)14(18)17-7-9-3-4-11-12(6-9)20-8-19-11/h1-6H,7-8H2,(H,17,18). The molecule has 1 aliphatic rings. The summed E-state index contributed by atoms with van der Waals surface area (Å²) in [6.07, 6.45) is 1.58. The first-order chi connectivity index (χ1) is 9.74. The van der Waals surface area contributed by atoms with E-state index in [-0.39, 0.29) is 12.7 Å². The molecule has 0 unspecified atom stereocenters. The van der Waals surface area contributed by atoms with Gasteiger partial charge in [-0.25, -0.2) is 4.98 Å². The van der Waals surface area contributed by atoms with E-state index in [9.17, 15) is 4.79 Å². The van der Waals surface area contributed by atoms with Crippen LogP contribution in [0, 0.1) is 0 Å². The van der Waals surface area contributed by atoms with Gasteiger partial charge in [0, 0.05) is 17.2 Å². The van der Waals surface area contributed by atoms with Gasteiger partial charge in [-0.1, -0.05) is 6.07 Å². The van der Waals surface area contributed by atoms with Crippen LogP contribution in [0.25, 0.3) is 0 Å². The minimum Gasteiger partial charge on any atom is -0.454 e. The van der Waals surface area contributed by atoms with Crippen molar-refractivity contribution < 1.29 is 14.3 Å². The van der Waals surface area contributed by atoms with Gasteiger partial charge in [-0.15, -0.1) is 0 Å². The number of amides is 1. The van der Waals surface area contributed by atoms with Crippen LogP contribution < -0.4 is 14.8 Å². The summed E-state index contributed by atoms with van der Waals surface area (Å²) in [5, 5.41) is 2.82. The first-order valence-corrected chi connectivity index (χ1v) is 6.80. The molecule has 20 heavy (non-hydrogen) atoms. The van der Waals surface area contributed by atoms with E-state index in [1.807, 2.05) is 18.2 Å². The number of carbonyl (C=O) groups excluding carboxylic acids is 1. The van der Waals surface area contributed by atoms with Crippen molar-refractivity contribution in [3.63, 3.8) is 0 Å². The molecule has 1 amide bonds. The molecule has 2 heterocycles. The van der Waals surface area contributed by atoms with E-state index in [1.165, 1.54) is 0 Å². The van der Waals surface area contributed by atoms with Crippen molar-refractivity contribution in [2.24, 2.45) is 0 Å². The quantitative estimate of drug-likeness (QED) is 0.936. The summed E-state index contributed by atoms with van der Waals surface area (Å²) in [6.45, 7) is 0.643. The lowest BCUT2D eigenvalue weighted by molar-refractivity contribution is 0.0945. The molecule has 3 rings (SSSR count). The summed E-state index contributed by atoms with van der Waals surface area (Å²) in [6, 6.07) is 9.12. The summed E-state index contributed by atoms with van der Waals surface area (Å²) >= 11 is 3.30. The van der Waals surface area contributed by atoms with Crippen molar-refractivity contribution in [3.8, 4) is 11.5 Å². The molecule has 0 radical (unpaired) electrons. The van der Waals surface area contributed by atoms with Crippen LogP contribution in [0.4, 0.5) is 0 Å². The smallest absolute Gasteiger partial charge is 0.271 e. The zero-order chi connectivity index (χ0) is 13.9. The van der Waals surface area contributed by atoms with Crippen molar-refractivity contribution in [3.05, 3.63) is 52.3 Å². The van der Waals surface area contributed by atoms with Crippen molar-refractivity contribution in [2.75, 3.05) is 6.79 Å². The number of ether oxygens (including phenoxy) is 2. The maximum absolute atomic E-state index is 12.0. The zero-order valence-electron chi connectivity index (χ0n) is 10.4. The van der Waals surface area contributed by atoms with Crippen molar-refractivity contribution in [2.45, 2.75) is 6.54 Å². The lowest BCUT2D eigenvalue weighted by Gasteiger charge is -2.06. The van der Waals surface area contributed by atoms with Crippen molar-refractivity contribution in [1.82, 2.24) is 10.3 Å². The fourth-order valence-electron chi connectivity index (χ4n) is 1.87. The highest BCUT2D eigenvalue weighted by Crippen LogP contribution is 2.32. The van der Waals surface area contributed by atoms with E-state index in [0.717, 1.165) is 11.3 Å². The average molecular weight is 335 g/mol. The van der Waals surface area contributed by atoms with E-state index < -0.39 is 0 Å². The molecular weight excluding hydrogens is 324 g/mol. The van der Waals surface area contributed by atoms with Crippen LogP contribution >= 0.6 is 15.9 Å². The van der Waals surface area contributed by atoms with Gasteiger partial charge in [0.1, 0.15) is 5.69 Å². The summed E-state index contributed by atoms with van der Waals surface area (Å²) in [5.41, 5.74) is 1.31. The molecule has 0 atom stereocenters. The van der Waals surface area contributed by atoms with Crippen LogP contribution in [0.1, 0.15) is 16.1 Å². The molecule has 6 heteroatoms. The molecule has 102 valence electrons. The number of nitrogens with one attached hydrogen (secondary N) is 1. The van der Waals surface area contributed by atoms with Crippen LogP contribution in [-0.2, 0) is 6.54 Å². The number of halogens is 1. The number of carbonyl (C=O) groups is 1. The molecule has 0 bridgehead atoms. The maximum atomic E-state index is 12.0. The number of hydrogen-bond donors (Lipinski definition) is 1. The van der Waals surface area contributed by atoms with Crippen molar-refractivity contribution >= 4 is 21.8 Å². The Labute approximate surface area is 124 Å². The molecule has 1 N–H and O–H groups in total. The minimum atomic E-state index is -0.227. The molecule has 0 aliphatic carbocycles. The summed E-state index contributed by atoms with van der Waals surface area (Å²) < 4.78 is 11.2. The van der Waals surface area contributed by atoms with Gasteiger partial charge in [0.15, 0.2) is 11.5 Å². The SMILES string of the molecule is O=C(NCc1ccc2c(c1)OCO2)c1ncccc1Br. The Morgan fingerprint density at radius 3 is 3.00 bits per heavy atom. The van der Waals surface area contributed by atoms with Gasteiger partial charge in [0.05, 0.1) is 0 Å². The van der Waals surface area contributed by atoms with E-state index in [1.54, 1.807) is 18.3 Å². The molecule has 0 saturated heterocycles. The molecular formula is C14H11BrN2O3. The van der Waals surface area contributed by atoms with Crippen LogP contribution in [0.3, 0.4) is 0 Å². The summed E-state index contributed by atoms with van der Waals surface area (Å²) in [7, 11) is 0. The highest BCUT2D eigenvalue weighted by Gasteiger charge is 2.14. The minimum absolute atomic E-state index is 0.227. The van der Waals surface area contributed by atoms with Gasteiger partial charge in [-0.3, -0.25) is 4.79 Å². The average Bonchev–Trinajstić information content (AvgIpc) is 2.92. The zero-order valence-corrected chi connectivity index (χ0v) is 12.0. The molecule has 0 fully saturated rings. The van der Waals surface area contributed by atoms with Crippen molar-refractivity contribution in [1.29, 1.82) is 0 Å². The largest absolute Gasteiger partial charge is 0.454 e. The predicted molar refractivity (Wildman–Crippen MR) is 75.7 cm³/mol. The van der Waals surface area contributed by atoms with E-state index in [4.69, 9.17) is 9.47 Å². The van der Waals surface area contributed by atoms with Crippen LogP contribution in [0.15, 0.2) is 41.0 Å². The summed E-state index contributed by atoms with van der Waals surface area (Å²) in [5.74, 6) is 1.21. The second kappa shape index (κ2) is 5.50. The number of hydrogen-bond acceptors (Lipinski definition) is 4. The number of benzene rings is 1. The number of nitrogens with zero attached hydrogens (tertiary/aromatic N) is 1.